The molecule has 0 unspecified atom stereocenters. The van der Waals surface area contributed by atoms with E-state index in [1.807, 2.05) is 24.3 Å². The van der Waals surface area contributed by atoms with E-state index in [2.05, 4.69) is 10.1 Å². The Balaban J connectivity index is 1.86. The van der Waals surface area contributed by atoms with Crippen molar-refractivity contribution in [2.75, 3.05) is 5.73 Å². The summed E-state index contributed by atoms with van der Waals surface area (Å²) in [5.74, 6) is 0.965. The van der Waals surface area contributed by atoms with Gasteiger partial charge in [0.25, 0.3) is 0 Å². The maximum Gasteiger partial charge on any atom is 0.231 e. The van der Waals surface area contributed by atoms with Gasteiger partial charge in [-0.2, -0.15) is 4.98 Å². The van der Waals surface area contributed by atoms with Crippen LogP contribution < -0.4 is 5.73 Å². The second-order valence-electron chi connectivity index (χ2n) is 4.52. The van der Waals surface area contributed by atoms with E-state index in [0.29, 0.717) is 33.9 Å². The summed E-state index contributed by atoms with van der Waals surface area (Å²) in [7, 11) is 0. The molecule has 0 aliphatic heterocycles. The van der Waals surface area contributed by atoms with Crippen LogP contribution >= 0.6 is 23.2 Å². The first-order valence-corrected chi connectivity index (χ1v) is 7.00. The summed E-state index contributed by atoms with van der Waals surface area (Å²) in [5.41, 5.74) is 8.30. The van der Waals surface area contributed by atoms with Crippen LogP contribution in [0.4, 0.5) is 5.69 Å². The van der Waals surface area contributed by atoms with Crippen molar-refractivity contribution in [1.29, 1.82) is 0 Å². The molecule has 1 heterocycles. The first-order valence-electron chi connectivity index (χ1n) is 6.25. The molecule has 2 N–H and O–H groups in total. The van der Waals surface area contributed by atoms with Gasteiger partial charge in [-0.3, -0.25) is 0 Å². The van der Waals surface area contributed by atoms with Gasteiger partial charge in [0, 0.05) is 11.3 Å². The van der Waals surface area contributed by atoms with E-state index in [1.54, 1.807) is 18.2 Å². The maximum absolute atomic E-state index is 5.99. The van der Waals surface area contributed by atoms with E-state index in [9.17, 15) is 0 Å². The van der Waals surface area contributed by atoms with Crippen LogP contribution in [-0.2, 0) is 6.42 Å². The molecular weight excluding hydrogens is 309 g/mol. The molecule has 6 heteroatoms. The van der Waals surface area contributed by atoms with Crippen LogP contribution in [0.15, 0.2) is 47.0 Å². The molecule has 2 aromatic carbocycles. The van der Waals surface area contributed by atoms with Gasteiger partial charge in [0.05, 0.1) is 16.5 Å². The molecule has 4 nitrogen and oxygen atoms in total. The van der Waals surface area contributed by atoms with E-state index in [-0.39, 0.29) is 0 Å². The van der Waals surface area contributed by atoms with Gasteiger partial charge in [0.1, 0.15) is 0 Å². The fourth-order valence-electron chi connectivity index (χ4n) is 1.94. The predicted molar refractivity (Wildman–Crippen MR) is 83.4 cm³/mol. The summed E-state index contributed by atoms with van der Waals surface area (Å²) >= 11 is 11.9. The minimum atomic E-state index is 0.452. The lowest BCUT2D eigenvalue weighted by Crippen LogP contribution is -1.95. The lowest BCUT2D eigenvalue weighted by Gasteiger charge is -2.00. The quantitative estimate of drug-likeness (QED) is 0.734. The van der Waals surface area contributed by atoms with Crippen LogP contribution in [0.5, 0.6) is 0 Å². The van der Waals surface area contributed by atoms with Gasteiger partial charge >= 0.3 is 0 Å². The van der Waals surface area contributed by atoms with Crippen molar-refractivity contribution >= 4 is 28.9 Å². The number of benzene rings is 2. The highest BCUT2D eigenvalue weighted by molar-refractivity contribution is 6.42. The maximum atomic E-state index is 5.99. The summed E-state index contributed by atoms with van der Waals surface area (Å²) in [6.07, 6.45) is 0.487. The molecule has 0 bridgehead atoms. The monoisotopic (exact) mass is 319 g/mol. The number of halogens is 2. The molecule has 0 fully saturated rings. The van der Waals surface area contributed by atoms with Gasteiger partial charge in [-0.1, -0.05) is 46.6 Å². The second-order valence-corrected chi connectivity index (χ2v) is 5.33. The largest absolute Gasteiger partial charge is 0.398 e. The standard InChI is InChI=1S/C15H11Cl2N3O/c16-11-6-5-10(7-12(11)17)15-19-14(21-20-15)8-9-3-1-2-4-13(9)18/h1-7H,8,18H2. The molecule has 0 atom stereocenters. The topological polar surface area (TPSA) is 64.9 Å². The number of rotatable bonds is 3. The number of anilines is 1. The highest BCUT2D eigenvalue weighted by atomic mass is 35.5. The van der Waals surface area contributed by atoms with Gasteiger partial charge in [-0.15, -0.1) is 0 Å². The average molecular weight is 320 g/mol. The van der Waals surface area contributed by atoms with E-state index in [1.165, 1.54) is 0 Å². The molecule has 0 radical (unpaired) electrons. The third-order valence-electron chi connectivity index (χ3n) is 3.04. The number of hydrogen-bond acceptors (Lipinski definition) is 4. The van der Waals surface area contributed by atoms with Crippen LogP contribution in [0.2, 0.25) is 10.0 Å². The molecule has 106 valence electrons. The molecule has 3 rings (SSSR count). The van der Waals surface area contributed by atoms with Crippen molar-refractivity contribution in [1.82, 2.24) is 10.1 Å². The van der Waals surface area contributed by atoms with E-state index in [0.717, 1.165) is 11.1 Å². The Bertz CT molecular complexity index is 786. The first-order chi connectivity index (χ1) is 10.1. The molecule has 0 amide bonds. The SMILES string of the molecule is Nc1ccccc1Cc1nc(-c2ccc(Cl)c(Cl)c2)no1. The van der Waals surface area contributed by atoms with Crippen molar-refractivity contribution < 1.29 is 4.52 Å². The predicted octanol–water partition coefficient (Wildman–Crippen LogP) is 4.22. The Morgan fingerprint density at radius 2 is 1.86 bits per heavy atom. The third-order valence-corrected chi connectivity index (χ3v) is 3.78. The Morgan fingerprint density at radius 1 is 1.05 bits per heavy atom. The lowest BCUT2D eigenvalue weighted by atomic mass is 10.1. The Morgan fingerprint density at radius 3 is 2.62 bits per heavy atom. The van der Waals surface area contributed by atoms with Crippen molar-refractivity contribution in [3.05, 3.63) is 64.0 Å². The van der Waals surface area contributed by atoms with Crippen molar-refractivity contribution in [3.8, 4) is 11.4 Å². The van der Waals surface area contributed by atoms with Crippen molar-refractivity contribution in [2.45, 2.75) is 6.42 Å². The first kappa shape index (κ1) is 13.9. The van der Waals surface area contributed by atoms with Gasteiger partial charge in [0.2, 0.25) is 11.7 Å². The minimum absolute atomic E-state index is 0.452. The number of nitrogens with zero attached hydrogens (tertiary/aromatic N) is 2. The number of aromatic nitrogens is 2. The minimum Gasteiger partial charge on any atom is -0.398 e. The second kappa shape index (κ2) is 5.76. The van der Waals surface area contributed by atoms with E-state index < -0.39 is 0 Å². The van der Waals surface area contributed by atoms with Gasteiger partial charge in [0.15, 0.2) is 0 Å². The van der Waals surface area contributed by atoms with Crippen LogP contribution in [0.25, 0.3) is 11.4 Å². The van der Waals surface area contributed by atoms with E-state index in [4.69, 9.17) is 33.5 Å². The summed E-state index contributed by atoms with van der Waals surface area (Å²) < 4.78 is 5.26. The smallest absolute Gasteiger partial charge is 0.231 e. The highest BCUT2D eigenvalue weighted by Crippen LogP contribution is 2.27. The summed E-state index contributed by atoms with van der Waals surface area (Å²) in [6.45, 7) is 0. The molecular formula is C15H11Cl2N3O. The van der Waals surface area contributed by atoms with Gasteiger partial charge < -0.3 is 10.3 Å². The fraction of sp³-hybridized carbons (Fsp3) is 0.0667. The van der Waals surface area contributed by atoms with Crippen LogP contribution in [-0.4, -0.2) is 10.1 Å². The van der Waals surface area contributed by atoms with Crippen LogP contribution in [0.3, 0.4) is 0 Å². The molecule has 0 saturated carbocycles. The zero-order valence-electron chi connectivity index (χ0n) is 10.9. The zero-order chi connectivity index (χ0) is 14.8. The summed E-state index contributed by atoms with van der Waals surface area (Å²) in [5, 5.41) is 4.89. The van der Waals surface area contributed by atoms with Gasteiger partial charge in [-0.05, 0) is 29.8 Å². The number of nitrogens with two attached hydrogens (primary N) is 1. The number of para-hydroxylation sites is 1. The molecule has 3 aromatic rings. The van der Waals surface area contributed by atoms with Crippen molar-refractivity contribution in [3.63, 3.8) is 0 Å². The Labute approximate surface area is 131 Å². The number of nitrogen functional groups attached to an aromatic ring is 1. The molecule has 0 aliphatic carbocycles. The molecule has 0 saturated heterocycles. The summed E-state index contributed by atoms with van der Waals surface area (Å²) in [6, 6.07) is 12.8. The highest BCUT2D eigenvalue weighted by Gasteiger charge is 2.11. The van der Waals surface area contributed by atoms with Crippen LogP contribution in [0.1, 0.15) is 11.5 Å². The molecule has 1 aromatic heterocycles. The van der Waals surface area contributed by atoms with Gasteiger partial charge in [-0.25, -0.2) is 0 Å². The zero-order valence-corrected chi connectivity index (χ0v) is 12.4. The fourth-order valence-corrected chi connectivity index (χ4v) is 2.24. The molecule has 21 heavy (non-hydrogen) atoms. The molecule has 0 aliphatic rings. The summed E-state index contributed by atoms with van der Waals surface area (Å²) in [4.78, 5) is 4.35. The van der Waals surface area contributed by atoms with E-state index >= 15 is 0 Å². The average Bonchev–Trinajstić information content (AvgIpc) is 2.93. The Hall–Kier alpha value is -2.04. The van der Waals surface area contributed by atoms with Crippen LogP contribution in [0, 0.1) is 0 Å². The Kier molecular flexibility index (Phi) is 3.82. The normalized spacial score (nSPS) is 10.8. The third kappa shape index (κ3) is 3.01. The lowest BCUT2D eigenvalue weighted by molar-refractivity contribution is 0.386. The van der Waals surface area contributed by atoms with Crippen molar-refractivity contribution in [2.24, 2.45) is 0 Å². The molecule has 0 spiro atoms. The number of hydrogen-bond donors (Lipinski definition) is 1.